The van der Waals surface area contributed by atoms with Gasteiger partial charge < -0.3 is 5.32 Å². The number of benzene rings is 1. The number of thioether (sulfide) groups is 1. The van der Waals surface area contributed by atoms with Crippen LogP contribution in [-0.4, -0.2) is 26.2 Å². The van der Waals surface area contributed by atoms with Crippen LogP contribution in [0, 0.1) is 0 Å². The highest BCUT2D eigenvalue weighted by molar-refractivity contribution is 7.99. The van der Waals surface area contributed by atoms with E-state index in [4.69, 9.17) is 4.98 Å². The van der Waals surface area contributed by atoms with Gasteiger partial charge in [0.15, 0.2) is 5.16 Å². The highest BCUT2D eigenvalue weighted by Crippen LogP contribution is 2.35. The SMILES string of the molecule is O=C(CSc1nc2sc3c(c2c(=O)n1-c1ccccc1)CCCC3)NCc1ccccn1. The molecular weight excluding hydrogens is 440 g/mol. The summed E-state index contributed by atoms with van der Waals surface area (Å²) in [5.41, 5.74) is 2.69. The molecule has 0 saturated carbocycles. The van der Waals surface area contributed by atoms with Crippen molar-refractivity contribution in [3.63, 3.8) is 0 Å². The van der Waals surface area contributed by atoms with Crippen molar-refractivity contribution in [3.05, 3.63) is 81.2 Å². The number of carbonyl (C=O) groups is 1. The second-order valence-corrected chi connectivity index (χ2v) is 9.67. The van der Waals surface area contributed by atoms with Crippen LogP contribution in [0.4, 0.5) is 0 Å². The van der Waals surface area contributed by atoms with Crippen molar-refractivity contribution in [2.45, 2.75) is 37.4 Å². The number of hydrogen-bond donors (Lipinski definition) is 1. The molecule has 0 atom stereocenters. The number of thiophene rings is 1. The molecule has 0 spiro atoms. The molecule has 1 amide bonds. The maximum atomic E-state index is 13.6. The van der Waals surface area contributed by atoms with Gasteiger partial charge in [-0.25, -0.2) is 4.98 Å². The van der Waals surface area contributed by atoms with Gasteiger partial charge in [0.05, 0.1) is 29.1 Å². The standard InChI is InChI=1S/C24H22N4O2S2/c29-20(26-14-16-8-6-7-13-25-16)15-31-24-27-22-21(18-11-4-5-12-19(18)32-22)23(30)28(24)17-9-2-1-3-10-17/h1-3,6-10,13H,4-5,11-12,14-15H2,(H,26,29). The lowest BCUT2D eigenvalue weighted by Crippen LogP contribution is -2.26. The Hall–Kier alpha value is -2.97. The molecule has 1 aromatic carbocycles. The molecule has 162 valence electrons. The van der Waals surface area contributed by atoms with E-state index in [-0.39, 0.29) is 17.2 Å². The number of para-hydroxylation sites is 1. The molecule has 1 aliphatic carbocycles. The monoisotopic (exact) mass is 462 g/mol. The highest BCUT2D eigenvalue weighted by atomic mass is 32.2. The Morgan fingerprint density at radius 3 is 2.72 bits per heavy atom. The fourth-order valence-corrected chi connectivity index (χ4v) is 6.11. The number of nitrogens with one attached hydrogen (secondary N) is 1. The summed E-state index contributed by atoms with van der Waals surface area (Å²) in [4.78, 5) is 37.3. The van der Waals surface area contributed by atoms with Crippen molar-refractivity contribution in [2.75, 3.05) is 5.75 Å². The average Bonchev–Trinajstić information content (AvgIpc) is 3.21. The average molecular weight is 463 g/mol. The summed E-state index contributed by atoms with van der Waals surface area (Å²) in [6.07, 6.45) is 5.92. The Balaban J connectivity index is 1.46. The molecule has 0 aliphatic heterocycles. The summed E-state index contributed by atoms with van der Waals surface area (Å²) in [5, 5.41) is 4.17. The summed E-state index contributed by atoms with van der Waals surface area (Å²) in [6.45, 7) is 0.371. The molecule has 0 saturated heterocycles. The van der Waals surface area contributed by atoms with Crippen LogP contribution in [0.3, 0.4) is 0 Å². The van der Waals surface area contributed by atoms with Gasteiger partial charge in [-0.3, -0.25) is 19.1 Å². The molecule has 0 radical (unpaired) electrons. The van der Waals surface area contributed by atoms with Crippen LogP contribution in [-0.2, 0) is 24.2 Å². The quantitative estimate of drug-likeness (QED) is 0.344. The number of nitrogens with zero attached hydrogens (tertiary/aromatic N) is 3. The third-order valence-electron chi connectivity index (χ3n) is 5.50. The number of aryl methyl sites for hydroxylation is 2. The third-order valence-corrected chi connectivity index (χ3v) is 7.62. The Morgan fingerprint density at radius 1 is 1.09 bits per heavy atom. The zero-order valence-electron chi connectivity index (χ0n) is 17.4. The summed E-state index contributed by atoms with van der Waals surface area (Å²) >= 11 is 2.91. The van der Waals surface area contributed by atoms with E-state index in [1.165, 1.54) is 22.2 Å². The van der Waals surface area contributed by atoms with Gasteiger partial charge in [0.2, 0.25) is 5.91 Å². The van der Waals surface area contributed by atoms with E-state index < -0.39 is 0 Å². The Bertz CT molecular complexity index is 1320. The number of rotatable bonds is 6. The topological polar surface area (TPSA) is 76.9 Å². The van der Waals surface area contributed by atoms with E-state index in [0.717, 1.165) is 47.3 Å². The molecule has 3 aromatic heterocycles. The van der Waals surface area contributed by atoms with Crippen LogP contribution in [0.15, 0.2) is 64.7 Å². The van der Waals surface area contributed by atoms with E-state index >= 15 is 0 Å². The zero-order chi connectivity index (χ0) is 21.9. The van der Waals surface area contributed by atoms with Gasteiger partial charge >= 0.3 is 0 Å². The van der Waals surface area contributed by atoms with Gasteiger partial charge in [-0.2, -0.15) is 0 Å². The van der Waals surface area contributed by atoms with Crippen molar-refractivity contribution < 1.29 is 4.79 Å². The van der Waals surface area contributed by atoms with E-state index in [2.05, 4.69) is 10.3 Å². The van der Waals surface area contributed by atoms with E-state index in [0.29, 0.717) is 11.7 Å². The molecular formula is C24H22N4O2S2. The van der Waals surface area contributed by atoms with Crippen molar-refractivity contribution in [2.24, 2.45) is 0 Å². The molecule has 0 unspecified atom stereocenters. The summed E-state index contributed by atoms with van der Waals surface area (Å²) in [6, 6.07) is 15.1. The second-order valence-electron chi connectivity index (χ2n) is 7.65. The first-order valence-corrected chi connectivity index (χ1v) is 12.4. The van der Waals surface area contributed by atoms with Crippen molar-refractivity contribution >= 4 is 39.2 Å². The van der Waals surface area contributed by atoms with Gasteiger partial charge in [-0.15, -0.1) is 11.3 Å². The van der Waals surface area contributed by atoms with Crippen LogP contribution < -0.4 is 10.9 Å². The van der Waals surface area contributed by atoms with Gasteiger partial charge in [-0.05, 0) is 55.5 Å². The van der Waals surface area contributed by atoms with E-state index in [1.807, 2.05) is 48.5 Å². The Labute approximate surface area is 193 Å². The molecule has 8 heteroatoms. The van der Waals surface area contributed by atoms with Crippen LogP contribution in [0.1, 0.15) is 29.0 Å². The van der Waals surface area contributed by atoms with Crippen molar-refractivity contribution in [1.29, 1.82) is 0 Å². The molecule has 6 nitrogen and oxygen atoms in total. The zero-order valence-corrected chi connectivity index (χ0v) is 19.0. The maximum absolute atomic E-state index is 13.6. The molecule has 0 bridgehead atoms. The minimum absolute atomic E-state index is 0.0445. The minimum atomic E-state index is -0.125. The van der Waals surface area contributed by atoms with Crippen molar-refractivity contribution in [1.82, 2.24) is 19.9 Å². The summed E-state index contributed by atoms with van der Waals surface area (Å²) in [7, 11) is 0. The van der Waals surface area contributed by atoms with Gasteiger partial charge in [0, 0.05) is 11.1 Å². The maximum Gasteiger partial charge on any atom is 0.267 e. The number of aromatic nitrogens is 3. The first-order chi connectivity index (χ1) is 15.7. The van der Waals surface area contributed by atoms with Gasteiger partial charge in [0.25, 0.3) is 5.56 Å². The third kappa shape index (κ3) is 4.20. The fourth-order valence-electron chi connectivity index (χ4n) is 3.96. The predicted octanol–water partition coefficient (Wildman–Crippen LogP) is 4.13. The van der Waals surface area contributed by atoms with E-state index in [9.17, 15) is 9.59 Å². The minimum Gasteiger partial charge on any atom is -0.350 e. The Morgan fingerprint density at radius 2 is 1.91 bits per heavy atom. The lowest BCUT2D eigenvalue weighted by atomic mass is 9.97. The summed E-state index contributed by atoms with van der Waals surface area (Å²) < 4.78 is 1.65. The van der Waals surface area contributed by atoms with Crippen molar-refractivity contribution in [3.8, 4) is 5.69 Å². The molecule has 1 aliphatic rings. The lowest BCUT2D eigenvalue weighted by Gasteiger charge is -2.13. The number of hydrogen-bond acceptors (Lipinski definition) is 6. The van der Waals surface area contributed by atoms with Crippen LogP contribution in [0.25, 0.3) is 15.9 Å². The van der Waals surface area contributed by atoms with Crippen LogP contribution in [0.2, 0.25) is 0 Å². The first kappa shape index (κ1) is 20.9. The summed E-state index contributed by atoms with van der Waals surface area (Å²) in [5.74, 6) is 0.0444. The van der Waals surface area contributed by atoms with Gasteiger partial charge in [0.1, 0.15) is 4.83 Å². The number of carbonyl (C=O) groups excluding carboxylic acids is 1. The molecule has 5 rings (SSSR count). The molecule has 32 heavy (non-hydrogen) atoms. The lowest BCUT2D eigenvalue weighted by molar-refractivity contribution is -0.118. The normalized spacial score (nSPS) is 13.1. The molecule has 4 aromatic rings. The fraction of sp³-hybridized carbons (Fsp3) is 0.250. The van der Waals surface area contributed by atoms with E-state index in [1.54, 1.807) is 22.1 Å². The number of amides is 1. The largest absolute Gasteiger partial charge is 0.350 e. The number of pyridine rings is 1. The number of fused-ring (bicyclic) bond motifs is 3. The Kier molecular flexibility index (Phi) is 6.05. The smallest absolute Gasteiger partial charge is 0.267 e. The molecule has 3 heterocycles. The first-order valence-electron chi connectivity index (χ1n) is 10.6. The van der Waals surface area contributed by atoms with Gasteiger partial charge in [-0.1, -0.05) is 36.0 Å². The van der Waals surface area contributed by atoms with Crippen LogP contribution in [0.5, 0.6) is 0 Å². The second kappa shape index (κ2) is 9.26. The highest BCUT2D eigenvalue weighted by Gasteiger charge is 2.23. The molecule has 0 fully saturated rings. The van der Waals surface area contributed by atoms with Crippen LogP contribution >= 0.6 is 23.1 Å². The predicted molar refractivity (Wildman–Crippen MR) is 129 cm³/mol. The molecule has 1 N–H and O–H groups in total.